The molecule has 1 heterocycles. The van der Waals surface area contributed by atoms with E-state index >= 15 is 0 Å². The van der Waals surface area contributed by atoms with Gasteiger partial charge in [0, 0.05) is 15.5 Å². The van der Waals surface area contributed by atoms with Crippen molar-refractivity contribution >= 4 is 21.4 Å². The molecule has 14 heavy (non-hydrogen) atoms. The maximum Gasteiger partial charge on any atom is 0.101 e. The summed E-state index contributed by atoms with van der Waals surface area (Å²) in [6.07, 6.45) is 0.988. The number of benzene rings is 1. The fourth-order valence-electron chi connectivity index (χ4n) is 1.73. The van der Waals surface area contributed by atoms with Crippen molar-refractivity contribution in [2.24, 2.45) is 0 Å². The summed E-state index contributed by atoms with van der Waals surface area (Å²) in [5.41, 5.74) is 3.37. The Bertz CT molecular complexity index is 517. The van der Waals surface area contributed by atoms with E-state index in [0.717, 1.165) is 12.0 Å². The second-order valence-corrected chi connectivity index (χ2v) is 4.24. The maximum absolute atomic E-state index is 8.99. The molecule has 0 atom stereocenters. The van der Waals surface area contributed by atoms with Crippen LogP contribution in [0.5, 0.6) is 0 Å². The SMILES string of the molecule is CCc1ccc(C)c2scc(C#N)c12. The van der Waals surface area contributed by atoms with Crippen LogP contribution in [-0.2, 0) is 6.42 Å². The topological polar surface area (TPSA) is 23.8 Å². The van der Waals surface area contributed by atoms with Gasteiger partial charge in [-0.3, -0.25) is 0 Å². The van der Waals surface area contributed by atoms with Crippen LogP contribution in [0, 0.1) is 18.3 Å². The minimum absolute atomic E-state index is 0.825. The Morgan fingerprint density at radius 2 is 2.21 bits per heavy atom. The Morgan fingerprint density at radius 3 is 2.86 bits per heavy atom. The van der Waals surface area contributed by atoms with E-state index in [0.29, 0.717) is 0 Å². The molecular formula is C12H11NS. The van der Waals surface area contributed by atoms with Crippen LogP contribution in [-0.4, -0.2) is 0 Å². The average molecular weight is 201 g/mol. The number of hydrogen-bond donors (Lipinski definition) is 0. The second kappa shape index (κ2) is 3.43. The fourth-order valence-corrected chi connectivity index (χ4v) is 2.75. The van der Waals surface area contributed by atoms with Gasteiger partial charge in [0.1, 0.15) is 6.07 Å². The first-order valence-electron chi connectivity index (χ1n) is 4.67. The Kier molecular flexibility index (Phi) is 2.26. The molecule has 0 aliphatic heterocycles. The Hall–Kier alpha value is -1.33. The molecule has 0 radical (unpaired) electrons. The summed E-state index contributed by atoms with van der Waals surface area (Å²) in [5.74, 6) is 0. The molecule has 1 aromatic carbocycles. The zero-order valence-electron chi connectivity index (χ0n) is 8.29. The molecule has 0 aliphatic rings. The van der Waals surface area contributed by atoms with Gasteiger partial charge in [-0.2, -0.15) is 5.26 Å². The van der Waals surface area contributed by atoms with Crippen molar-refractivity contribution in [1.29, 1.82) is 5.26 Å². The summed E-state index contributed by atoms with van der Waals surface area (Å²) >= 11 is 1.67. The normalized spacial score (nSPS) is 10.4. The van der Waals surface area contributed by atoms with Crippen LogP contribution in [0.2, 0.25) is 0 Å². The predicted octanol–water partition coefficient (Wildman–Crippen LogP) is 3.64. The van der Waals surface area contributed by atoms with Gasteiger partial charge in [-0.15, -0.1) is 11.3 Å². The van der Waals surface area contributed by atoms with Crippen molar-refractivity contribution < 1.29 is 0 Å². The highest BCUT2D eigenvalue weighted by Gasteiger charge is 2.09. The molecule has 0 N–H and O–H groups in total. The van der Waals surface area contributed by atoms with Gasteiger partial charge in [-0.25, -0.2) is 0 Å². The molecule has 0 unspecified atom stereocenters. The highest BCUT2D eigenvalue weighted by atomic mass is 32.1. The quantitative estimate of drug-likeness (QED) is 0.691. The first kappa shape index (κ1) is 9.23. The van der Waals surface area contributed by atoms with E-state index in [-0.39, 0.29) is 0 Å². The average Bonchev–Trinajstić information content (AvgIpc) is 2.63. The number of nitriles is 1. The number of rotatable bonds is 1. The Balaban J connectivity index is 2.90. The zero-order valence-corrected chi connectivity index (χ0v) is 9.11. The summed E-state index contributed by atoms with van der Waals surface area (Å²) < 4.78 is 1.26. The van der Waals surface area contributed by atoms with E-state index in [1.165, 1.54) is 21.2 Å². The Morgan fingerprint density at radius 1 is 1.43 bits per heavy atom. The first-order chi connectivity index (χ1) is 6.77. The molecule has 2 heteroatoms. The lowest BCUT2D eigenvalue weighted by atomic mass is 10.0. The lowest BCUT2D eigenvalue weighted by Crippen LogP contribution is -1.84. The molecule has 0 bridgehead atoms. The van der Waals surface area contributed by atoms with Crippen molar-refractivity contribution in [2.75, 3.05) is 0 Å². The summed E-state index contributed by atoms with van der Waals surface area (Å²) in [4.78, 5) is 0. The number of fused-ring (bicyclic) bond motifs is 1. The molecule has 2 rings (SSSR count). The van der Waals surface area contributed by atoms with Crippen LogP contribution in [0.15, 0.2) is 17.5 Å². The largest absolute Gasteiger partial charge is 0.192 e. The molecule has 70 valence electrons. The minimum atomic E-state index is 0.825. The molecular weight excluding hydrogens is 190 g/mol. The standard InChI is InChI=1S/C12H11NS/c1-3-9-5-4-8(2)12-11(9)10(6-13)7-14-12/h4-5,7H,3H2,1-2H3. The number of nitrogens with zero attached hydrogens (tertiary/aromatic N) is 1. The van der Waals surface area contributed by atoms with E-state index in [1.807, 2.05) is 5.38 Å². The van der Waals surface area contributed by atoms with E-state index in [4.69, 9.17) is 5.26 Å². The predicted molar refractivity (Wildman–Crippen MR) is 60.7 cm³/mol. The van der Waals surface area contributed by atoms with Crippen molar-refractivity contribution in [2.45, 2.75) is 20.3 Å². The number of hydrogen-bond acceptors (Lipinski definition) is 2. The van der Waals surface area contributed by atoms with Crippen molar-refractivity contribution in [3.8, 4) is 6.07 Å². The maximum atomic E-state index is 8.99. The van der Waals surface area contributed by atoms with Gasteiger partial charge in [-0.05, 0) is 24.5 Å². The first-order valence-corrected chi connectivity index (χ1v) is 5.55. The molecule has 0 fully saturated rings. The van der Waals surface area contributed by atoms with Gasteiger partial charge in [0.2, 0.25) is 0 Å². The van der Waals surface area contributed by atoms with E-state index in [1.54, 1.807) is 11.3 Å². The zero-order chi connectivity index (χ0) is 10.1. The molecule has 0 amide bonds. The van der Waals surface area contributed by atoms with Crippen LogP contribution in [0.3, 0.4) is 0 Å². The third-order valence-electron chi connectivity index (χ3n) is 2.51. The van der Waals surface area contributed by atoms with Gasteiger partial charge in [0.15, 0.2) is 0 Å². The smallest absolute Gasteiger partial charge is 0.101 e. The molecule has 2 aromatic rings. The summed E-state index contributed by atoms with van der Waals surface area (Å²) in [6.45, 7) is 4.22. The van der Waals surface area contributed by atoms with Crippen LogP contribution in [0.25, 0.3) is 10.1 Å². The van der Waals surface area contributed by atoms with Crippen molar-refractivity contribution in [1.82, 2.24) is 0 Å². The molecule has 1 nitrogen and oxygen atoms in total. The van der Waals surface area contributed by atoms with Crippen molar-refractivity contribution in [3.63, 3.8) is 0 Å². The molecule has 0 saturated heterocycles. The Labute approximate surface area is 87.6 Å². The van der Waals surface area contributed by atoms with Crippen molar-refractivity contribution in [3.05, 3.63) is 34.2 Å². The van der Waals surface area contributed by atoms with Gasteiger partial charge >= 0.3 is 0 Å². The van der Waals surface area contributed by atoms with Crippen LogP contribution in [0.1, 0.15) is 23.6 Å². The van der Waals surface area contributed by atoms with Gasteiger partial charge < -0.3 is 0 Å². The van der Waals surface area contributed by atoms with E-state index < -0.39 is 0 Å². The van der Waals surface area contributed by atoms with E-state index in [9.17, 15) is 0 Å². The molecule has 0 aliphatic carbocycles. The monoisotopic (exact) mass is 201 g/mol. The molecule has 0 spiro atoms. The molecule has 1 aromatic heterocycles. The van der Waals surface area contributed by atoms with Crippen LogP contribution < -0.4 is 0 Å². The summed E-state index contributed by atoms with van der Waals surface area (Å²) in [6, 6.07) is 6.53. The van der Waals surface area contributed by atoms with Gasteiger partial charge in [-0.1, -0.05) is 19.1 Å². The van der Waals surface area contributed by atoms with Crippen LogP contribution in [0.4, 0.5) is 0 Å². The van der Waals surface area contributed by atoms with Gasteiger partial charge in [0.05, 0.1) is 5.56 Å². The lowest BCUT2D eigenvalue weighted by Gasteiger charge is -2.02. The molecule has 0 saturated carbocycles. The highest BCUT2D eigenvalue weighted by Crippen LogP contribution is 2.31. The lowest BCUT2D eigenvalue weighted by molar-refractivity contribution is 1.16. The third kappa shape index (κ3) is 1.21. The number of aryl methyl sites for hydroxylation is 2. The van der Waals surface area contributed by atoms with Gasteiger partial charge in [0.25, 0.3) is 0 Å². The number of thiophene rings is 1. The second-order valence-electron chi connectivity index (χ2n) is 3.36. The third-order valence-corrected chi connectivity index (χ3v) is 3.62. The minimum Gasteiger partial charge on any atom is -0.192 e. The summed E-state index contributed by atoms with van der Waals surface area (Å²) in [5, 5.41) is 12.1. The van der Waals surface area contributed by atoms with Crippen LogP contribution >= 0.6 is 11.3 Å². The fraction of sp³-hybridized carbons (Fsp3) is 0.250. The highest BCUT2D eigenvalue weighted by molar-refractivity contribution is 7.17. The summed E-state index contributed by atoms with van der Waals surface area (Å²) in [7, 11) is 0. The van der Waals surface area contributed by atoms with E-state index in [2.05, 4.69) is 32.0 Å².